The molecule has 1 aromatic heterocycles. The van der Waals surface area contributed by atoms with Crippen molar-refractivity contribution >= 4 is 32.9 Å². The van der Waals surface area contributed by atoms with Crippen molar-refractivity contribution in [3.63, 3.8) is 0 Å². The van der Waals surface area contributed by atoms with Crippen LogP contribution in [-0.2, 0) is 0 Å². The van der Waals surface area contributed by atoms with E-state index in [2.05, 4.69) is 20.9 Å². The molecule has 0 unspecified atom stereocenters. The van der Waals surface area contributed by atoms with Gasteiger partial charge in [-0.1, -0.05) is 22.0 Å². The molecule has 0 atom stereocenters. The maximum Gasteiger partial charge on any atom is 0.335 e. The Morgan fingerprint density at radius 2 is 2.05 bits per heavy atom. The van der Waals surface area contributed by atoms with Crippen molar-refractivity contribution in [1.29, 1.82) is 0 Å². The van der Waals surface area contributed by atoms with Crippen LogP contribution in [-0.4, -0.2) is 20.6 Å². The molecule has 0 bridgehead atoms. The van der Waals surface area contributed by atoms with Gasteiger partial charge in [0.15, 0.2) is 0 Å². The molecule has 20 heavy (non-hydrogen) atoms. The predicted octanol–water partition coefficient (Wildman–Crippen LogP) is 3.79. The van der Waals surface area contributed by atoms with Gasteiger partial charge < -0.3 is 5.11 Å². The first kappa shape index (κ1) is 12.9. The predicted molar refractivity (Wildman–Crippen MR) is 80.5 cm³/mol. The molecule has 1 heterocycles. The lowest BCUT2D eigenvalue weighted by Gasteiger charge is -2.09. The highest BCUT2D eigenvalue weighted by Gasteiger charge is 2.10. The third-order valence-electron chi connectivity index (χ3n) is 3.22. The first-order valence-electron chi connectivity index (χ1n) is 6.03. The van der Waals surface area contributed by atoms with Crippen molar-refractivity contribution in [2.24, 2.45) is 0 Å². The Hall–Kier alpha value is -2.14. The normalized spacial score (nSPS) is 10.9. The lowest BCUT2D eigenvalue weighted by molar-refractivity contribution is 0.0697. The molecule has 0 radical (unpaired) electrons. The third-order valence-corrected chi connectivity index (χ3v) is 3.72. The van der Waals surface area contributed by atoms with Crippen LogP contribution < -0.4 is 0 Å². The SMILES string of the molecule is Cc1ccc(Br)cc1-n1cnc2ccc(C(=O)O)cc21. The zero-order valence-electron chi connectivity index (χ0n) is 10.7. The Balaban J connectivity index is 2.28. The van der Waals surface area contributed by atoms with E-state index in [1.54, 1.807) is 24.5 Å². The van der Waals surface area contributed by atoms with Crippen LogP contribution in [0.5, 0.6) is 0 Å². The fraction of sp³-hybridized carbons (Fsp3) is 0.0667. The van der Waals surface area contributed by atoms with Crippen LogP contribution in [0.3, 0.4) is 0 Å². The lowest BCUT2D eigenvalue weighted by atomic mass is 10.1. The zero-order chi connectivity index (χ0) is 14.3. The van der Waals surface area contributed by atoms with Gasteiger partial charge in [-0.3, -0.25) is 4.57 Å². The first-order chi connectivity index (χ1) is 9.56. The second-order valence-electron chi connectivity index (χ2n) is 4.55. The molecule has 0 saturated carbocycles. The van der Waals surface area contributed by atoms with Gasteiger partial charge in [0.05, 0.1) is 22.3 Å². The number of rotatable bonds is 2. The Morgan fingerprint density at radius 1 is 1.25 bits per heavy atom. The van der Waals surface area contributed by atoms with Crippen molar-refractivity contribution in [1.82, 2.24) is 9.55 Å². The van der Waals surface area contributed by atoms with E-state index < -0.39 is 5.97 Å². The number of fused-ring (bicyclic) bond motifs is 1. The molecule has 0 saturated heterocycles. The third kappa shape index (κ3) is 2.10. The number of imidazole rings is 1. The molecule has 0 aliphatic rings. The van der Waals surface area contributed by atoms with E-state index in [9.17, 15) is 4.79 Å². The van der Waals surface area contributed by atoms with E-state index >= 15 is 0 Å². The molecule has 0 aliphatic heterocycles. The molecule has 3 aromatic rings. The number of carboxylic acid groups (broad SMARTS) is 1. The second kappa shape index (κ2) is 4.76. The summed E-state index contributed by atoms with van der Waals surface area (Å²) in [6.45, 7) is 2.01. The summed E-state index contributed by atoms with van der Waals surface area (Å²) in [5, 5.41) is 9.10. The number of aryl methyl sites for hydroxylation is 1. The molecule has 100 valence electrons. The minimum atomic E-state index is -0.939. The summed E-state index contributed by atoms with van der Waals surface area (Å²) in [5.41, 5.74) is 3.88. The fourth-order valence-corrected chi connectivity index (χ4v) is 2.52. The highest BCUT2D eigenvalue weighted by Crippen LogP contribution is 2.24. The summed E-state index contributed by atoms with van der Waals surface area (Å²) in [5.74, 6) is -0.939. The van der Waals surface area contributed by atoms with Crippen LogP contribution in [0.2, 0.25) is 0 Å². The number of hydrogen-bond acceptors (Lipinski definition) is 2. The van der Waals surface area contributed by atoms with E-state index in [1.165, 1.54) is 0 Å². The number of benzene rings is 2. The summed E-state index contributed by atoms with van der Waals surface area (Å²) in [6, 6.07) is 10.9. The first-order valence-corrected chi connectivity index (χ1v) is 6.82. The van der Waals surface area contributed by atoms with Crippen LogP contribution in [0.15, 0.2) is 47.2 Å². The highest BCUT2D eigenvalue weighted by molar-refractivity contribution is 9.10. The van der Waals surface area contributed by atoms with E-state index in [-0.39, 0.29) is 5.56 Å². The van der Waals surface area contributed by atoms with Crippen molar-refractivity contribution in [3.8, 4) is 5.69 Å². The molecule has 5 heteroatoms. The smallest absolute Gasteiger partial charge is 0.335 e. The number of aromatic nitrogens is 2. The molecule has 2 aromatic carbocycles. The van der Waals surface area contributed by atoms with Crippen molar-refractivity contribution < 1.29 is 9.90 Å². The molecule has 0 spiro atoms. The van der Waals surface area contributed by atoms with Gasteiger partial charge >= 0.3 is 5.97 Å². The maximum atomic E-state index is 11.1. The number of nitrogens with zero attached hydrogens (tertiary/aromatic N) is 2. The van der Waals surface area contributed by atoms with Crippen LogP contribution >= 0.6 is 15.9 Å². The number of halogens is 1. The zero-order valence-corrected chi connectivity index (χ0v) is 12.3. The minimum Gasteiger partial charge on any atom is -0.478 e. The topological polar surface area (TPSA) is 55.1 Å². The summed E-state index contributed by atoms with van der Waals surface area (Å²) in [6.07, 6.45) is 1.71. The van der Waals surface area contributed by atoms with Gasteiger partial charge in [-0.05, 0) is 42.8 Å². The minimum absolute atomic E-state index is 0.256. The Labute approximate surface area is 123 Å². The quantitative estimate of drug-likeness (QED) is 0.777. The summed E-state index contributed by atoms with van der Waals surface area (Å²) in [7, 11) is 0. The average Bonchev–Trinajstić information content (AvgIpc) is 2.84. The van der Waals surface area contributed by atoms with Crippen molar-refractivity contribution in [2.45, 2.75) is 6.92 Å². The van der Waals surface area contributed by atoms with E-state index in [4.69, 9.17) is 5.11 Å². The van der Waals surface area contributed by atoms with Gasteiger partial charge in [0.1, 0.15) is 6.33 Å². The van der Waals surface area contributed by atoms with Crippen LogP contribution in [0.4, 0.5) is 0 Å². The van der Waals surface area contributed by atoms with Gasteiger partial charge in [-0.15, -0.1) is 0 Å². The van der Waals surface area contributed by atoms with Gasteiger partial charge in [-0.2, -0.15) is 0 Å². The molecule has 0 amide bonds. The monoisotopic (exact) mass is 330 g/mol. The largest absolute Gasteiger partial charge is 0.478 e. The fourth-order valence-electron chi connectivity index (χ4n) is 2.17. The van der Waals surface area contributed by atoms with E-state index in [1.807, 2.05) is 29.7 Å². The summed E-state index contributed by atoms with van der Waals surface area (Å²) in [4.78, 5) is 15.4. The maximum absolute atomic E-state index is 11.1. The number of carbonyl (C=O) groups is 1. The van der Waals surface area contributed by atoms with E-state index in [0.717, 1.165) is 26.8 Å². The van der Waals surface area contributed by atoms with Crippen molar-refractivity contribution in [2.75, 3.05) is 0 Å². The Morgan fingerprint density at radius 3 is 2.80 bits per heavy atom. The van der Waals surface area contributed by atoms with Gasteiger partial charge in [-0.25, -0.2) is 9.78 Å². The van der Waals surface area contributed by atoms with Gasteiger partial charge in [0.2, 0.25) is 0 Å². The highest BCUT2D eigenvalue weighted by atomic mass is 79.9. The lowest BCUT2D eigenvalue weighted by Crippen LogP contribution is -1.98. The summed E-state index contributed by atoms with van der Waals surface area (Å²) >= 11 is 3.46. The number of hydrogen-bond donors (Lipinski definition) is 1. The number of aromatic carboxylic acids is 1. The molecule has 3 rings (SSSR count). The van der Waals surface area contributed by atoms with Crippen LogP contribution in [0.1, 0.15) is 15.9 Å². The molecule has 0 aliphatic carbocycles. The van der Waals surface area contributed by atoms with E-state index in [0.29, 0.717) is 0 Å². The second-order valence-corrected chi connectivity index (χ2v) is 5.47. The van der Waals surface area contributed by atoms with Crippen LogP contribution in [0, 0.1) is 6.92 Å². The average molecular weight is 331 g/mol. The Bertz CT molecular complexity index is 824. The molecular formula is C15H11BrN2O2. The van der Waals surface area contributed by atoms with Gasteiger partial charge in [0, 0.05) is 4.47 Å². The standard InChI is InChI=1S/C15H11BrN2O2/c1-9-2-4-11(16)7-13(9)18-8-17-12-5-3-10(15(19)20)6-14(12)18/h2-8H,1H3,(H,19,20). The molecular weight excluding hydrogens is 320 g/mol. The summed E-state index contributed by atoms with van der Waals surface area (Å²) < 4.78 is 2.87. The Kier molecular flexibility index (Phi) is 3.06. The molecule has 0 fully saturated rings. The molecule has 4 nitrogen and oxygen atoms in total. The number of carboxylic acids is 1. The van der Waals surface area contributed by atoms with Crippen LogP contribution in [0.25, 0.3) is 16.7 Å². The molecule has 1 N–H and O–H groups in total. The van der Waals surface area contributed by atoms with Gasteiger partial charge in [0.25, 0.3) is 0 Å². The van der Waals surface area contributed by atoms with Crippen molar-refractivity contribution in [3.05, 3.63) is 58.3 Å².